The molecule has 6 nitrogen and oxygen atoms in total. The highest BCUT2D eigenvalue weighted by Gasteiger charge is 2.29. The summed E-state index contributed by atoms with van der Waals surface area (Å²) < 4.78 is 5.16. The third-order valence-electron chi connectivity index (χ3n) is 4.80. The Morgan fingerprint density at radius 2 is 1.48 bits per heavy atom. The molecule has 0 saturated heterocycles. The van der Waals surface area contributed by atoms with Crippen LogP contribution in [0.5, 0.6) is 0 Å². The molecular formula is C23H23NO5. The van der Waals surface area contributed by atoms with Crippen LogP contribution in [0.15, 0.2) is 42.5 Å². The largest absolute Gasteiger partial charge is 0.453 e. The van der Waals surface area contributed by atoms with Crippen LogP contribution in [0, 0.1) is 5.92 Å². The van der Waals surface area contributed by atoms with Crippen molar-refractivity contribution < 1.29 is 23.9 Å². The number of amides is 1. The van der Waals surface area contributed by atoms with Gasteiger partial charge in [0.25, 0.3) is 5.91 Å². The Kier molecular flexibility index (Phi) is 5.92. The van der Waals surface area contributed by atoms with Crippen LogP contribution in [0.1, 0.15) is 65.5 Å². The number of fused-ring (bicyclic) bond motifs is 2. The minimum absolute atomic E-state index is 0.222. The molecule has 0 aromatic heterocycles. The molecule has 29 heavy (non-hydrogen) atoms. The van der Waals surface area contributed by atoms with E-state index in [-0.39, 0.29) is 23.6 Å². The van der Waals surface area contributed by atoms with E-state index in [1.165, 1.54) is 19.1 Å². The monoisotopic (exact) mass is 393 g/mol. The number of hydrogen-bond donors (Lipinski definition) is 1. The Hall–Kier alpha value is -3.28. The zero-order valence-electron chi connectivity index (χ0n) is 16.7. The Labute approximate surface area is 169 Å². The Morgan fingerprint density at radius 3 is 2.10 bits per heavy atom. The van der Waals surface area contributed by atoms with Crippen molar-refractivity contribution >= 4 is 29.1 Å². The van der Waals surface area contributed by atoms with Crippen molar-refractivity contribution in [2.75, 3.05) is 5.32 Å². The van der Waals surface area contributed by atoms with Crippen LogP contribution in [-0.4, -0.2) is 29.5 Å². The number of carbonyl (C=O) groups is 4. The summed E-state index contributed by atoms with van der Waals surface area (Å²) in [5, 5.41) is 2.64. The fourth-order valence-corrected chi connectivity index (χ4v) is 3.14. The van der Waals surface area contributed by atoms with Gasteiger partial charge in [0.05, 0.1) is 0 Å². The third-order valence-corrected chi connectivity index (χ3v) is 4.80. The van der Waals surface area contributed by atoms with E-state index in [0.29, 0.717) is 34.7 Å². The minimum atomic E-state index is -0.969. The number of carbonyl (C=O) groups excluding carboxylic acids is 4. The van der Waals surface area contributed by atoms with Gasteiger partial charge in [-0.05, 0) is 37.5 Å². The molecular weight excluding hydrogens is 370 g/mol. The summed E-state index contributed by atoms with van der Waals surface area (Å²) in [5.41, 5.74) is 1.64. The molecule has 1 unspecified atom stereocenters. The van der Waals surface area contributed by atoms with E-state index in [4.69, 9.17) is 4.74 Å². The lowest BCUT2D eigenvalue weighted by Gasteiger charge is -2.19. The average Bonchev–Trinajstić information content (AvgIpc) is 2.70. The molecule has 0 saturated carbocycles. The Morgan fingerprint density at radius 1 is 0.897 bits per heavy atom. The topological polar surface area (TPSA) is 89.5 Å². The molecule has 3 rings (SSSR count). The van der Waals surface area contributed by atoms with Crippen molar-refractivity contribution in [3.8, 4) is 0 Å². The van der Waals surface area contributed by atoms with E-state index in [1.807, 2.05) is 13.8 Å². The summed E-state index contributed by atoms with van der Waals surface area (Å²) in [7, 11) is 0. The minimum Gasteiger partial charge on any atom is -0.453 e. The van der Waals surface area contributed by atoms with E-state index in [1.54, 1.807) is 30.3 Å². The fraction of sp³-hybridized carbons (Fsp3) is 0.304. The van der Waals surface area contributed by atoms with Gasteiger partial charge in [0, 0.05) is 34.4 Å². The molecule has 0 radical (unpaired) electrons. The second-order valence-electron chi connectivity index (χ2n) is 7.52. The molecule has 0 spiro atoms. The number of ketones is 2. The second kappa shape index (κ2) is 8.39. The van der Waals surface area contributed by atoms with Gasteiger partial charge in [-0.1, -0.05) is 38.1 Å². The summed E-state index contributed by atoms with van der Waals surface area (Å²) >= 11 is 0. The Balaban J connectivity index is 1.72. The zero-order chi connectivity index (χ0) is 21.1. The molecule has 1 N–H and O–H groups in total. The molecule has 1 aliphatic rings. The van der Waals surface area contributed by atoms with Gasteiger partial charge < -0.3 is 10.1 Å². The summed E-state index contributed by atoms with van der Waals surface area (Å²) in [5.74, 6) is -1.05. The lowest BCUT2D eigenvalue weighted by atomic mass is 9.84. The zero-order valence-corrected chi connectivity index (χ0v) is 16.7. The van der Waals surface area contributed by atoms with Gasteiger partial charge in [0.15, 0.2) is 17.7 Å². The molecule has 0 bridgehead atoms. The van der Waals surface area contributed by atoms with Crippen molar-refractivity contribution in [1.29, 1.82) is 0 Å². The van der Waals surface area contributed by atoms with Crippen molar-refractivity contribution in [3.05, 3.63) is 64.7 Å². The molecule has 2 aromatic rings. The van der Waals surface area contributed by atoms with E-state index < -0.39 is 18.0 Å². The van der Waals surface area contributed by atoms with Gasteiger partial charge in [-0.25, -0.2) is 0 Å². The van der Waals surface area contributed by atoms with Gasteiger partial charge in [0.1, 0.15) is 0 Å². The van der Waals surface area contributed by atoms with Crippen LogP contribution in [-0.2, 0) is 14.3 Å². The lowest BCUT2D eigenvalue weighted by molar-refractivity contribution is -0.153. The number of benzene rings is 2. The molecule has 6 heteroatoms. The van der Waals surface area contributed by atoms with Crippen LogP contribution in [0.2, 0.25) is 0 Å². The predicted molar refractivity (Wildman–Crippen MR) is 108 cm³/mol. The summed E-state index contributed by atoms with van der Waals surface area (Å²) in [6.45, 7) is 5.50. The van der Waals surface area contributed by atoms with E-state index in [0.717, 1.165) is 0 Å². The summed E-state index contributed by atoms with van der Waals surface area (Å²) in [6.07, 6.45) is -0.0245. The van der Waals surface area contributed by atoms with E-state index >= 15 is 0 Å². The molecule has 1 atom stereocenters. The highest BCUT2D eigenvalue weighted by atomic mass is 16.5. The number of anilines is 1. The van der Waals surface area contributed by atoms with Crippen molar-refractivity contribution in [1.82, 2.24) is 0 Å². The number of esters is 1. The molecule has 0 fully saturated rings. The van der Waals surface area contributed by atoms with Crippen LogP contribution in [0.25, 0.3) is 0 Å². The van der Waals surface area contributed by atoms with Crippen LogP contribution < -0.4 is 5.32 Å². The van der Waals surface area contributed by atoms with Gasteiger partial charge in [-0.2, -0.15) is 0 Å². The van der Waals surface area contributed by atoms with Crippen LogP contribution >= 0.6 is 0 Å². The molecule has 1 aliphatic carbocycles. The highest BCUT2D eigenvalue weighted by Crippen LogP contribution is 2.29. The fourth-order valence-electron chi connectivity index (χ4n) is 3.14. The van der Waals surface area contributed by atoms with Gasteiger partial charge >= 0.3 is 5.97 Å². The van der Waals surface area contributed by atoms with Crippen molar-refractivity contribution in [3.63, 3.8) is 0 Å². The van der Waals surface area contributed by atoms with Gasteiger partial charge in [-0.3, -0.25) is 19.2 Å². The first kappa shape index (κ1) is 20.5. The van der Waals surface area contributed by atoms with Crippen molar-refractivity contribution in [2.24, 2.45) is 5.92 Å². The predicted octanol–water partition coefficient (Wildman–Crippen LogP) is 3.77. The summed E-state index contributed by atoms with van der Waals surface area (Å²) in [6, 6.07) is 11.2. The van der Waals surface area contributed by atoms with Crippen molar-refractivity contribution in [2.45, 2.75) is 39.7 Å². The third kappa shape index (κ3) is 4.42. The quantitative estimate of drug-likeness (QED) is 0.644. The molecule has 1 amide bonds. The lowest BCUT2D eigenvalue weighted by Crippen LogP contribution is -2.30. The van der Waals surface area contributed by atoms with Crippen LogP contribution in [0.3, 0.4) is 0 Å². The first-order valence-corrected chi connectivity index (χ1v) is 9.60. The maximum Gasteiger partial charge on any atom is 0.306 e. The average molecular weight is 393 g/mol. The molecule has 0 aliphatic heterocycles. The smallest absolute Gasteiger partial charge is 0.306 e. The maximum absolute atomic E-state index is 12.8. The van der Waals surface area contributed by atoms with E-state index in [2.05, 4.69) is 5.32 Å². The highest BCUT2D eigenvalue weighted by molar-refractivity contribution is 6.28. The molecule has 150 valence electrons. The molecule has 2 aromatic carbocycles. The number of rotatable bonds is 6. The maximum atomic E-state index is 12.8. The second-order valence-corrected chi connectivity index (χ2v) is 7.52. The number of hydrogen-bond acceptors (Lipinski definition) is 5. The molecule has 0 heterocycles. The SMILES string of the molecule is CC(C)CCC(=O)OC(C)C(=O)Nc1ccc2c(c1)C(=O)c1ccccc1C2=O. The number of ether oxygens (including phenoxy) is 1. The first-order valence-electron chi connectivity index (χ1n) is 9.60. The Bertz CT molecular complexity index is 993. The van der Waals surface area contributed by atoms with Crippen LogP contribution in [0.4, 0.5) is 5.69 Å². The summed E-state index contributed by atoms with van der Waals surface area (Å²) in [4.78, 5) is 49.6. The normalized spacial score (nSPS) is 13.5. The first-order chi connectivity index (χ1) is 13.8. The van der Waals surface area contributed by atoms with Gasteiger partial charge in [0.2, 0.25) is 0 Å². The van der Waals surface area contributed by atoms with E-state index in [9.17, 15) is 19.2 Å². The standard InChI is InChI=1S/C23H23NO5/c1-13(2)8-11-20(25)29-14(3)23(28)24-15-9-10-18-19(12-15)22(27)17-7-5-4-6-16(17)21(18)26/h4-7,9-10,12-14H,8,11H2,1-3H3,(H,24,28). The number of nitrogens with one attached hydrogen (secondary N) is 1. The van der Waals surface area contributed by atoms with Gasteiger partial charge in [-0.15, -0.1) is 0 Å².